The van der Waals surface area contributed by atoms with Crippen LogP contribution in [0.1, 0.15) is 48.0 Å². The van der Waals surface area contributed by atoms with Gasteiger partial charge in [0.2, 0.25) is 5.91 Å². The molecule has 1 aromatic heterocycles. The molecular weight excluding hydrogens is 390 g/mol. The lowest BCUT2D eigenvalue weighted by Crippen LogP contribution is -2.38. The number of piperidine rings is 2. The quantitative estimate of drug-likeness (QED) is 0.748. The van der Waals surface area contributed by atoms with Crippen molar-refractivity contribution in [3.05, 3.63) is 53.7 Å². The zero-order chi connectivity index (χ0) is 21.6. The number of anilines is 2. The van der Waals surface area contributed by atoms with Gasteiger partial charge in [0.25, 0.3) is 5.91 Å². The molecule has 2 amide bonds. The van der Waals surface area contributed by atoms with Crippen molar-refractivity contribution in [2.75, 3.05) is 36.4 Å². The Bertz CT molecular complexity index is 918. The summed E-state index contributed by atoms with van der Waals surface area (Å²) in [4.78, 5) is 33.5. The zero-order valence-electron chi connectivity index (χ0n) is 17.9. The Hall–Kier alpha value is -2.93. The number of amides is 2. The fraction of sp³-hybridized carbons (Fsp3) is 0.458. The molecule has 2 aliphatic heterocycles. The topological polar surface area (TPSA) is 91.6 Å². The van der Waals surface area contributed by atoms with E-state index in [9.17, 15) is 9.59 Å². The number of hydrogen-bond donors (Lipinski definition) is 2. The SMILES string of the molecule is NC(=O)C1CCN(Cc2cccc(NC(=O)c3cccnc3N3CCCCC3)c2)CC1. The van der Waals surface area contributed by atoms with Gasteiger partial charge in [0.05, 0.1) is 5.56 Å². The van der Waals surface area contributed by atoms with E-state index in [2.05, 4.69) is 26.2 Å². The molecule has 7 nitrogen and oxygen atoms in total. The van der Waals surface area contributed by atoms with Crippen molar-refractivity contribution in [2.45, 2.75) is 38.6 Å². The molecule has 0 bridgehead atoms. The number of nitrogens with one attached hydrogen (secondary N) is 1. The Balaban J connectivity index is 1.40. The maximum atomic E-state index is 13.0. The normalized spacial score (nSPS) is 18.0. The van der Waals surface area contributed by atoms with Crippen LogP contribution in [0.2, 0.25) is 0 Å². The Labute approximate surface area is 183 Å². The number of primary amides is 1. The van der Waals surface area contributed by atoms with E-state index in [-0.39, 0.29) is 17.7 Å². The molecule has 0 saturated carbocycles. The van der Waals surface area contributed by atoms with Crippen LogP contribution in [-0.4, -0.2) is 47.9 Å². The first-order chi connectivity index (χ1) is 15.1. The van der Waals surface area contributed by atoms with E-state index < -0.39 is 0 Å². The van der Waals surface area contributed by atoms with E-state index >= 15 is 0 Å². The van der Waals surface area contributed by atoms with Crippen LogP contribution in [0.3, 0.4) is 0 Å². The van der Waals surface area contributed by atoms with Gasteiger partial charge < -0.3 is 16.0 Å². The van der Waals surface area contributed by atoms with Gasteiger partial charge in [0, 0.05) is 37.4 Å². The van der Waals surface area contributed by atoms with Crippen molar-refractivity contribution in [1.29, 1.82) is 0 Å². The van der Waals surface area contributed by atoms with Crippen molar-refractivity contribution in [1.82, 2.24) is 9.88 Å². The number of carbonyl (C=O) groups excluding carboxylic acids is 2. The summed E-state index contributed by atoms with van der Waals surface area (Å²) in [6.07, 6.45) is 6.88. The molecule has 2 saturated heterocycles. The second-order valence-electron chi connectivity index (χ2n) is 8.53. The van der Waals surface area contributed by atoms with Crippen molar-refractivity contribution in [3.63, 3.8) is 0 Å². The Kier molecular flexibility index (Phi) is 6.82. The third kappa shape index (κ3) is 5.41. The van der Waals surface area contributed by atoms with E-state index in [0.717, 1.165) is 75.5 Å². The number of nitrogens with two attached hydrogens (primary N) is 1. The van der Waals surface area contributed by atoms with Crippen molar-refractivity contribution < 1.29 is 9.59 Å². The molecule has 31 heavy (non-hydrogen) atoms. The van der Waals surface area contributed by atoms with Gasteiger partial charge in [-0.25, -0.2) is 4.98 Å². The second kappa shape index (κ2) is 9.92. The fourth-order valence-corrected chi connectivity index (χ4v) is 4.51. The van der Waals surface area contributed by atoms with Crippen LogP contribution in [0, 0.1) is 5.92 Å². The predicted octanol–water partition coefficient (Wildman–Crippen LogP) is 3.02. The average molecular weight is 422 g/mol. The van der Waals surface area contributed by atoms with E-state index in [1.54, 1.807) is 6.20 Å². The molecule has 2 aromatic rings. The number of aromatic nitrogens is 1. The zero-order valence-corrected chi connectivity index (χ0v) is 17.9. The van der Waals surface area contributed by atoms with Gasteiger partial charge in [-0.1, -0.05) is 12.1 Å². The van der Waals surface area contributed by atoms with Gasteiger partial charge in [-0.15, -0.1) is 0 Å². The molecule has 0 atom stereocenters. The molecule has 0 spiro atoms. The van der Waals surface area contributed by atoms with Crippen LogP contribution in [0.15, 0.2) is 42.6 Å². The van der Waals surface area contributed by atoms with Crippen LogP contribution in [-0.2, 0) is 11.3 Å². The highest BCUT2D eigenvalue weighted by molar-refractivity contribution is 6.07. The Morgan fingerprint density at radius 1 is 1.03 bits per heavy atom. The molecular formula is C24H31N5O2. The summed E-state index contributed by atoms with van der Waals surface area (Å²) in [5.74, 6) is 0.445. The number of likely N-dealkylation sites (tertiary alicyclic amines) is 1. The average Bonchev–Trinajstić information content (AvgIpc) is 2.80. The van der Waals surface area contributed by atoms with Crippen molar-refractivity contribution >= 4 is 23.3 Å². The minimum Gasteiger partial charge on any atom is -0.369 e. The highest BCUT2D eigenvalue weighted by Crippen LogP contribution is 2.24. The minimum atomic E-state index is -0.191. The maximum absolute atomic E-state index is 13.0. The van der Waals surface area contributed by atoms with E-state index in [1.807, 2.05) is 30.3 Å². The number of nitrogens with zero attached hydrogens (tertiary/aromatic N) is 3. The highest BCUT2D eigenvalue weighted by Gasteiger charge is 2.23. The molecule has 3 heterocycles. The van der Waals surface area contributed by atoms with Gasteiger partial charge in [-0.2, -0.15) is 0 Å². The summed E-state index contributed by atoms with van der Waals surface area (Å²) in [6, 6.07) is 11.6. The summed E-state index contributed by atoms with van der Waals surface area (Å²) in [5.41, 5.74) is 7.96. The molecule has 3 N–H and O–H groups in total. The minimum absolute atomic E-state index is 0.00421. The Morgan fingerprint density at radius 3 is 2.55 bits per heavy atom. The van der Waals surface area contributed by atoms with Crippen LogP contribution >= 0.6 is 0 Å². The summed E-state index contributed by atoms with van der Waals surface area (Å²) >= 11 is 0. The lowest BCUT2D eigenvalue weighted by molar-refractivity contribution is -0.123. The second-order valence-corrected chi connectivity index (χ2v) is 8.53. The molecule has 7 heteroatoms. The molecule has 2 fully saturated rings. The highest BCUT2D eigenvalue weighted by atomic mass is 16.2. The molecule has 4 rings (SSSR count). The standard InChI is InChI=1S/C24H31N5O2/c25-22(30)19-9-14-28(15-10-19)17-18-6-4-7-20(16-18)27-24(31)21-8-5-11-26-23(21)29-12-2-1-3-13-29/h4-8,11,16,19H,1-3,9-10,12-15,17H2,(H2,25,30)(H,27,31). The van der Waals surface area contributed by atoms with Crippen molar-refractivity contribution in [2.24, 2.45) is 11.7 Å². The number of carbonyl (C=O) groups is 2. The van der Waals surface area contributed by atoms with Gasteiger partial charge in [-0.05, 0) is 75.0 Å². The lowest BCUT2D eigenvalue weighted by Gasteiger charge is -2.30. The molecule has 2 aliphatic rings. The first-order valence-electron chi connectivity index (χ1n) is 11.2. The largest absolute Gasteiger partial charge is 0.369 e. The van der Waals surface area contributed by atoms with Crippen molar-refractivity contribution in [3.8, 4) is 0 Å². The fourth-order valence-electron chi connectivity index (χ4n) is 4.51. The molecule has 164 valence electrons. The van der Waals surface area contributed by atoms with E-state index in [1.165, 1.54) is 6.42 Å². The van der Waals surface area contributed by atoms with Gasteiger partial charge in [0.1, 0.15) is 5.82 Å². The molecule has 0 aliphatic carbocycles. The summed E-state index contributed by atoms with van der Waals surface area (Å²) < 4.78 is 0. The summed E-state index contributed by atoms with van der Waals surface area (Å²) in [7, 11) is 0. The maximum Gasteiger partial charge on any atom is 0.259 e. The third-order valence-corrected chi connectivity index (χ3v) is 6.27. The monoisotopic (exact) mass is 421 g/mol. The smallest absolute Gasteiger partial charge is 0.259 e. The van der Waals surface area contributed by atoms with Crippen LogP contribution in [0.5, 0.6) is 0 Å². The summed E-state index contributed by atoms with van der Waals surface area (Å²) in [6.45, 7) is 4.40. The number of benzene rings is 1. The Morgan fingerprint density at radius 2 is 1.81 bits per heavy atom. The first kappa shape index (κ1) is 21.3. The molecule has 0 radical (unpaired) electrons. The lowest BCUT2D eigenvalue weighted by atomic mass is 9.96. The predicted molar refractivity (Wildman–Crippen MR) is 122 cm³/mol. The van der Waals surface area contributed by atoms with Crippen LogP contribution in [0.4, 0.5) is 11.5 Å². The van der Waals surface area contributed by atoms with E-state index in [0.29, 0.717) is 5.56 Å². The number of hydrogen-bond acceptors (Lipinski definition) is 5. The van der Waals surface area contributed by atoms with Gasteiger partial charge >= 0.3 is 0 Å². The van der Waals surface area contributed by atoms with Gasteiger partial charge in [0.15, 0.2) is 0 Å². The first-order valence-corrected chi connectivity index (χ1v) is 11.2. The van der Waals surface area contributed by atoms with Crippen LogP contribution in [0.25, 0.3) is 0 Å². The van der Waals surface area contributed by atoms with Gasteiger partial charge in [-0.3, -0.25) is 14.5 Å². The van der Waals surface area contributed by atoms with E-state index in [4.69, 9.17) is 5.73 Å². The molecule has 0 unspecified atom stereocenters. The van der Waals surface area contributed by atoms with Crippen LogP contribution < -0.4 is 16.0 Å². The summed E-state index contributed by atoms with van der Waals surface area (Å²) in [5, 5.41) is 3.05. The number of rotatable bonds is 6. The number of pyridine rings is 1. The molecule has 1 aromatic carbocycles. The third-order valence-electron chi connectivity index (χ3n) is 6.27.